The van der Waals surface area contributed by atoms with E-state index in [1.165, 1.54) is 0 Å². The zero-order valence-corrected chi connectivity index (χ0v) is 6.72. The molecule has 2 N–H and O–H groups in total. The van der Waals surface area contributed by atoms with Crippen LogP contribution < -0.4 is 5.69 Å². The van der Waals surface area contributed by atoms with Crippen molar-refractivity contribution < 1.29 is 0 Å². The number of likely N-dealkylation sites (N-methyl/N-ethyl adjacent to an activating group) is 1. The van der Waals surface area contributed by atoms with E-state index in [9.17, 15) is 4.79 Å². The van der Waals surface area contributed by atoms with Crippen molar-refractivity contribution in [1.82, 2.24) is 20.1 Å². The molecule has 0 amide bonds. The van der Waals surface area contributed by atoms with Gasteiger partial charge in [-0.3, -0.25) is 4.98 Å². The first kappa shape index (κ1) is 8.00. The van der Waals surface area contributed by atoms with Gasteiger partial charge in [0, 0.05) is 13.0 Å². The lowest BCUT2D eigenvalue weighted by Crippen LogP contribution is -2.15. The number of aromatic amines is 2. The topological polar surface area (TPSA) is 64.8 Å². The summed E-state index contributed by atoms with van der Waals surface area (Å²) < 4.78 is 0. The first-order chi connectivity index (χ1) is 5.18. The van der Waals surface area contributed by atoms with Gasteiger partial charge >= 0.3 is 5.69 Å². The number of hydrogen-bond donors (Lipinski definition) is 2. The highest BCUT2D eigenvalue weighted by molar-refractivity contribution is 4.80. The summed E-state index contributed by atoms with van der Waals surface area (Å²) in [7, 11) is 3.95. The molecule has 0 aliphatic carbocycles. The van der Waals surface area contributed by atoms with Gasteiger partial charge < -0.3 is 4.90 Å². The maximum Gasteiger partial charge on any atom is 0.340 e. The van der Waals surface area contributed by atoms with E-state index in [2.05, 4.69) is 15.2 Å². The predicted molar refractivity (Wildman–Crippen MR) is 41.5 cm³/mol. The van der Waals surface area contributed by atoms with Crippen molar-refractivity contribution in [1.29, 1.82) is 0 Å². The first-order valence-electron chi connectivity index (χ1n) is 3.47. The van der Waals surface area contributed by atoms with Crippen molar-refractivity contribution in [3.63, 3.8) is 0 Å². The van der Waals surface area contributed by atoms with E-state index in [1.807, 2.05) is 19.0 Å². The number of aromatic nitrogens is 3. The molecule has 0 saturated carbocycles. The molecular weight excluding hydrogens is 144 g/mol. The summed E-state index contributed by atoms with van der Waals surface area (Å²) in [5.74, 6) is 0.712. The number of hydrogen-bond acceptors (Lipinski definition) is 3. The molecule has 1 aromatic heterocycles. The lowest BCUT2D eigenvalue weighted by molar-refractivity contribution is 0.409. The summed E-state index contributed by atoms with van der Waals surface area (Å²) >= 11 is 0. The summed E-state index contributed by atoms with van der Waals surface area (Å²) in [5.41, 5.74) is -0.237. The Labute approximate surface area is 64.4 Å². The van der Waals surface area contributed by atoms with Gasteiger partial charge in [0.15, 0.2) is 0 Å². The normalized spacial score (nSPS) is 10.8. The summed E-state index contributed by atoms with van der Waals surface area (Å²) in [4.78, 5) is 15.2. The second kappa shape index (κ2) is 3.34. The Kier molecular flexibility index (Phi) is 2.43. The maximum atomic E-state index is 10.5. The highest BCUT2D eigenvalue weighted by Crippen LogP contribution is 1.85. The fourth-order valence-corrected chi connectivity index (χ4v) is 0.753. The maximum absolute atomic E-state index is 10.5. The Bertz CT molecular complexity index is 262. The van der Waals surface area contributed by atoms with Crippen LogP contribution in [-0.4, -0.2) is 40.7 Å². The molecule has 0 aromatic carbocycles. The van der Waals surface area contributed by atoms with E-state index >= 15 is 0 Å². The molecule has 1 heterocycles. The molecule has 0 aliphatic rings. The monoisotopic (exact) mass is 156 g/mol. The second-order valence-corrected chi connectivity index (χ2v) is 2.68. The van der Waals surface area contributed by atoms with Crippen molar-refractivity contribution in [2.75, 3.05) is 20.6 Å². The average molecular weight is 156 g/mol. The van der Waals surface area contributed by atoms with Crippen molar-refractivity contribution in [2.45, 2.75) is 6.42 Å². The molecule has 0 bridgehead atoms. The molecule has 1 rings (SSSR count). The van der Waals surface area contributed by atoms with Gasteiger partial charge in [0.05, 0.1) is 0 Å². The van der Waals surface area contributed by atoms with Gasteiger partial charge in [-0.15, -0.1) is 0 Å². The summed E-state index contributed by atoms with van der Waals surface area (Å²) in [6.07, 6.45) is 0.770. The zero-order valence-electron chi connectivity index (χ0n) is 6.72. The molecule has 0 fully saturated rings. The molecule has 5 nitrogen and oxygen atoms in total. The number of nitrogens with zero attached hydrogens (tertiary/aromatic N) is 2. The van der Waals surface area contributed by atoms with Crippen LogP contribution in [0.5, 0.6) is 0 Å². The van der Waals surface area contributed by atoms with Crippen LogP contribution >= 0.6 is 0 Å². The highest BCUT2D eigenvalue weighted by Gasteiger charge is 1.97. The molecule has 0 atom stereocenters. The predicted octanol–water partition coefficient (Wildman–Crippen LogP) is -0.798. The fourth-order valence-electron chi connectivity index (χ4n) is 0.753. The van der Waals surface area contributed by atoms with Gasteiger partial charge in [0.25, 0.3) is 0 Å². The summed E-state index contributed by atoms with van der Waals surface area (Å²) in [6, 6.07) is 0. The van der Waals surface area contributed by atoms with E-state index in [4.69, 9.17) is 0 Å². The van der Waals surface area contributed by atoms with Crippen LogP contribution in [0.15, 0.2) is 4.79 Å². The quantitative estimate of drug-likeness (QED) is 0.602. The molecule has 62 valence electrons. The SMILES string of the molecule is CN(C)CCc1n[nH]c(=O)[nH]1. The Morgan fingerprint density at radius 3 is 2.73 bits per heavy atom. The van der Waals surface area contributed by atoms with Crippen molar-refractivity contribution in [3.05, 3.63) is 16.3 Å². The van der Waals surface area contributed by atoms with Gasteiger partial charge in [0.2, 0.25) is 0 Å². The van der Waals surface area contributed by atoms with Crippen LogP contribution in [0.2, 0.25) is 0 Å². The molecule has 1 aromatic rings. The molecule has 0 spiro atoms. The van der Waals surface area contributed by atoms with E-state index in [-0.39, 0.29) is 5.69 Å². The Hall–Kier alpha value is -1.10. The van der Waals surface area contributed by atoms with Gasteiger partial charge in [-0.05, 0) is 14.1 Å². The zero-order chi connectivity index (χ0) is 8.27. The van der Waals surface area contributed by atoms with E-state index in [0.717, 1.165) is 13.0 Å². The van der Waals surface area contributed by atoms with Gasteiger partial charge in [-0.25, -0.2) is 9.89 Å². The Morgan fingerprint density at radius 1 is 1.55 bits per heavy atom. The third kappa shape index (κ3) is 2.55. The molecular formula is C6H12N4O. The van der Waals surface area contributed by atoms with Crippen molar-refractivity contribution in [3.8, 4) is 0 Å². The second-order valence-electron chi connectivity index (χ2n) is 2.68. The number of rotatable bonds is 3. The van der Waals surface area contributed by atoms with Gasteiger partial charge in [-0.1, -0.05) is 0 Å². The van der Waals surface area contributed by atoms with E-state index in [1.54, 1.807) is 0 Å². The Balaban J connectivity index is 2.45. The minimum Gasteiger partial charge on any atom is -0.309 e. The molecule has 0 saturated heterocycles. The first-order valence-corrected chi connectivity index (χ1v) is 3.47. The molecule has 11 heavy (non-hydrogen) atoms. The Morgan fingerprint density at radius 2 is 2.27 bits per heavy atom. The lowest BCUT2D eigenvalue weighted by atomic mass is 10.4. The van der Waals surface area contributed by atoms with Crippen LogP contribution in [0.25, 0.3) is 0 Å². The van der Waals surface area contributed by atoms with Crippen LogP contribution in [0, 0.1) is 0 Å². The van der Waals surface area contributed by atoms with Crippen LogP contribution in [0.3, 0.4) is 0 Å². The lowest BCUT2D eigenvalue weighted by Gasteiger charge is -2.05. The van der Waals surface area contributed by atoms with Gasteiger partial charge in [0.1, 0.15) is 5.82 Å². The van der Waals surface area contributed by atoms with E-state index in [0.29, 0.717) is 5.82 Å². The van der Waals surface area contributed by atoms with E-state index < -0.39 is 0 Å². The fraction of sp³-hybridized carbons (Fsp3) is 0.667. The average Bonchev–Trinajstić information content (AvgIpc) is 2.31. The third-order valence-corrected chi connectivity index (χ3v) is 1.35. The minimum atomic E-state index is -0.237. The molecule has 0 unspecified atom stereocenters. The minimum absolute atomic E-state index is 0.237. The smallest absolute Gasteiger partial charge is 0.309 e. The largest absolute Gasteiger partial charge is 0.340 e. The standard InChI is InChI=1S/C6H12N4O/c1-10(2)4-3-5-7-6(11)9-8-5/h3-4H2,1-2H3,(H2,7,8,9,11). The number of nitrogens with one attached hydrogen (secondary N) is 2. The van der Waals surface area contributed by atoms with Gasteiger partial charge in [-0.2, -0.15) is 5.10 Å². The van der Waals surface area contributed by atoms with Crippen LogP contribution in [0.1, 0.15) is 5.82 Å². The van der Waals surface area contributed by atoms with Crippen LogP contribution in [0.4, 0.5) is 0 Å². The summed E-state index contributed by atoms with van der Waals surface area (Å²) in [6.45, 7) is 0.890. The van der Waals surface area contributed by atoms with Crippen LogP contribution in [-0.2, 0) is 6.42 Å². The van der Waals surface area contributed by atoms with Crippen molar-refractivity contribution in [2.24, 2.45) is 0 Å². The summed E-state index contributed by atoms with van der Waals surface area (Å²) in [5, 5.41) is 6.08. The molecule has 5 heteroatoms. The molecule has 0 radical (unpaired) electrons. The van der Waals surface area contributed by atoms with Crippen molar-refractivity contribution >= 4 is 0 Å². The molecule has 0 aliphatic heterocycles. The third-order valence-electron chi connectivity index (χ3n) is 1.35. The number of H-pyrrole nitrogens is 2. The highest BCUT2D eigenvalue weighted by atomic mass is 16.1.